The minimum Gasteiger partial charge on any atom is -0.444 e. The summed E-state index contributed by atoms with van der Waals surface area (Å²) in [4.78, 5) is 24.6. The van der Waals surface area contributed by atoms with Crippen LogP contribution in [-0.4, -0.2) is 17.5 Å². The summed E-state index contributed by atoms with van der Waals surface area (Å²) in [5.41, 5.74) is -0.515. The quantitative estimate of drug-likeness (QED) is 0.788. The molecule has 6 heteroatoms. The largest absolute Gasteiger partial charge is 0.444 e. The zero-order valence-corrected chi connectivity index (χ0v) is 14.3. The van der Waals surface area contributed by atoms with Gasteiger partial charge in [0.2, 0.25) is 0 Å². The Morgan fingerprint density at radius 2 is 1.75 bits per heavy atom. The lowest BCUT2D eigenvalue weighted by Crippen LogP contribution is -2.27. The summed E-state index contributed by atoms with van der Waals surface area (Å²) in [6.07, 6.45) is -0.715. The summed E-state index contributed by atoms with van der Waals surface area (Å²) >= 11 is 5.94. The molecule has 0 heterocycles. The molecule has 2 aromatic carbocycles. The van der Waals surface area contributed by atoms with E-state index in [0.717, 1.165) is 0 Å². The lowest BCUT2D eigenvalue weighted by molar-refractivity contribution is 0.0636. The van der Waals surface area contributed by atoms with Gasteiger partial charge in [-0.25, -0.2) is 9.18 Å². The zero-order chi connectivity index (χ0) is 17.9. The van der Waals surface area contributed by atoms with Gasteiger partial charge in [-0.3, -0.25) is 10.1 Å². The van der Waals surface area contributed by atoms with Crippen LogP contribution < -0.4 is 5.32 Å². The van der Waals surface area contributed by atoms with Crippen molar-refractivity contribution in [3.63, 3.8) is 0 Å². The monoisotopic (exact) mass is 349 g/mol. The number of anilines is 1. The van der Waals surface area contributed by atoms with Gasteiger partial charge < -0.3 is 4.74 Å². The molecule has 0 saturated carbocycles. The molecule has 0 atom stereocenters. The minimum atomic E-state index is -0.715. The summed E-state index contributed by atoms with van der Waals surface area (Å²) < 4.78 is 19.0. The fraction of sp³-hybridized carbons (Fsp3) is 0.222. The van der Waals surface area contributed by atoms with E-state index in [1.807, 2.05) is 0 Å². The number of ether oxygens (including phenoxy) is 1. The third-order valence-electron chi connectivity index (χ3n) is 2.98. The van der Waals surface area contributed by atoms with Gasteiger partial charge in [0, 0.05) is 10.6 Å². The van der Waals surface area contributed by atoms with E-state index in [-0.39, 0.29) is 16.8 Å². The molecule has 0 unspecified atom stereocenters. The van der Waals surface area contributed by atoms with Crippen molar-refractivity contribution in [1.82, 2.24) is 0 Å². The van der Waals surface area contributed by atoms with Crippen molar-refractivity contribution in [3.8, 4) is 0 Å². The Balaban J connectivity index is 2.36. The van der Waals surface area contributed by atoms with Crippen LogP contribution in [0.4, 0.5) is 14.9 Å². The molecule has 0 fully saturated rings. The van der Waals surface area contributed by atoms with E-state index in [1.54, 1.807) is 26.8 Å². The molecule has 0 saturated heterocycles. The maximum absolute atomic E-state index is 13.9. The van der Waals surface area contributed by atoms with Crippen LogP contribution in [-0.2, 0) is 4.74 Å². The molecular weight excluding hydrogens is 333 g/mol. The molecule has 0 spiro atoms. The number of carbonyl (C=O) groups excluding carboxylic acids is 2. The molecule has 0 aliphatic rings. The fourth-order valence-corrected chi connectivity index (χ4v) is 2.19. The Morgan fingerprint density at radius 1 is 1.08 bits per heavy atom. The number of amides is 1. The van der Waals surface area contributed by atoms with Crippen LogP contribution >= 0.6 is 11.6 Å². The average molecular weight is 350 g/mol. The molecule has 4 nitrogen and oxygen atoms in total. The lowest BCUT2D eigenvalue weighted by Gasteiger charge is -2.20. The maximum atomic E-state index is 13.9. The number of carbonyl (C=O) groups is 2. The van der Waals surface area contributed by atoms with Crippen LogP contribution in [0.15, 0.2) is 42.5 Å². The van der Waals surface area contributed by atoms with E-state index in [2.05, 4.69) is 5.32 Å². The molecule has 0 aliphatic carbocycles. The molecule has 1 N–H and O–H groups in total. The van der Waals surface area contributed by atoms with Crippen LogP contribution in [0.3, 0.4) is 0 Å². The highest BCUT2D eigenvalue weighted by molar-refractivity contribution is 6.31. The summed E-state index contributed by atoms with van der Waals surface area (Å²) in [5, 5.41) is 2.80. The second kappa shape index (κ2) is 7.01. The molecule has 0 aliphatic heterocycles. The molecule has 2 rings (SSSR count). The highest BCUT2D eigenvalue weighted by Crippen LogP contribution is 2.25. The van der Waals surface area contributed by atoms with Gasteiger partial charge >= 0.3 is 6.09 Å². The minimum absolute atomic E-state index is 0.0819. The SMILES string of the molecule is CC(C)(C)OC(=O)Nc1ccc(Cl)cc1C(=O)c1ccccc1F. The van der Waals surface area contributed by atoms with Crippen molar-refractivity contribution in [3.05, 3.63) is 64.4 Å². The average Bonchev–Trinajstić information content (AvgIpc) is 2.47. The summed E-state index contributed by atoms with van der Waals surface area (Å²) in [6, 6.07) is 9.98. The number of nitrogens with one attached hydrogen (secondary N) is 1. The van der Waals surface area contributed by atoms with Crippen LogP contribution in [0, 0.1) is 5.82 Å². The van der Waals surface area contributed by atoms with Crippen LogP contribution in [0.5, 0.6) is 0 Å². The van der Waals surface area contributed by atoms with Gasteiger partial charge in [-0.05, 0) is 51.1 Å². The molecule has 0 radical (unpaired) electrons. The molecule has 1 amide bonds. The number of ketones is 1. The van der Waals surface area contributed by atoms with Gasteiger partial charge in [0.15, 0.2) is 5.78 Å². The molecule has 2 aromatic rings. The number of rotatable bonds is 3. The van der Waals surface area contributed by atoms with E-state index in [0.29, 0.717) is 5.02 Å². The summed E-state index contributed by atoms with van der Waals surface area (Å²) in [6.45, 7) is 5.17. The van der Waals surface area contributed by atoms with Crippen molar-refractivity contribution < 1.29 is 18.7 Å². The maximum Gasteiger partial charge on any atom is 0.412 e. The highest BCUT2D eigenvalue weighted by Gasteiger charge is 2.21. The van der Waals surface area contributed by atoms with Crippen LogP contribution in [0.2, 0.25) is 5.02 Å². The van der Waals surface area contributed by atoms with Crippen molar-refractivity contribution in [2.75, 3.05) is 5.32 Å². The number of benzene rings is 2. The third kappa shape index (κ3) is 4.55. The lowest BCUT2D eigenvalue weighted by atomic mass is 10.0. The smallest absolute Gasteiger partial charge is 0.412 e. The zero-order valence-electron chi connectivity index (χ0n) is 13.5. The first-order valence-electron chi connectivity index (χ1n) is 7.26. The van der Waals surface area contributed by atoms with E-state index >= 15 is 0 Å². The first-order chi connectivity index (χ1) is 11.2. The van der Waals surface area contributed by atoms with Crippen LogP contribution in [0.25, 0.3) is 0 Å². The van der Waals surface area contributed by atoms with Crippen molar-refractivity contribution >= 4 is 29.2 Å². The van der Waals surface area contributed by atoms with Crippen molar-refractivity contribution in [1.29, 1.82) is 0 Å². The molecule has 0 aromatic heterocycles. The van der Waals surface area contributed by atoms with Crippen LogP contribution in [0.1, 0.15) is 36.7 Å². The summed E-state index contributed by atoms with van der Waals surface area (Å²) in [7, 11) is 0. The Bertz CT molecular complexity index is 784. The van der Waals surface area contributed by atoms with Gasteiger partial charge in [0.1, 0.15) is 11.4 Å². The highest BCUT2D eigenvalue weighted by atomic mass is 35.5. The first kappa shape index (κ1) is 17.9. The number of hydrogen-bond acceptors (Lipinski definition) is 3. The van der Waals surface area contributed by atoms with Crippen molar-refractivity contribution in [2.45, 2.75) is 26.4 Å². The van der Waals surface area contributed by atoms with Gasteiger partial charge in [-0.1, -0.05) is 23.7 Å². The number of halogens is 2. The Morgan fingerprint density at radius 3 is 2.38 bits per heavy atom. The van der Waals surface area contributed by atoms with Gasteiger partial charge in [0.25, 0.3) is 0 Å². The summed E-state index contributed by atoms with van der Waals surface area (Å²) in [5.74, 6) is -1.23. The first-order valence-corrected chi connectivity index (χ1v) is 7.64. The second-order valence-corrected chi connectivity index (χ2v) is 6.56. The van der Waals surface area contributed by atoms with Gasteiger partial charge in [0.05, 0.1) is 11.3 Å². The van der Waals surface area contributed by atoms with Crippen molar-refractivity contribution in [2.24, 2.45) is 0 Å². The normalized spacial score (nSPS) is 11.0. The molecular formula is C18H17ClFNO3. The van der Waals surface area contributed by atoms with E-state index in [9.17, 15) is 14.0 Å². The Labute approximate surface area is 144 Å². The predicted octanol–water partition coefficient (Wildman–Crippen LogP) is 5.06. The molecule has 126 valence electrons. The topological polar surface area (TPSA) is 55.4 Å². The molecule has 24 heavy (non-hydrogen) atoms. The van der Waals surface area contributed by atoms with E-state index in [4.69, 9.17) is 16.3 Å². The third-order valence-corrected chi connectivity index (χ3v) is 3.22. The Kier molecular flexibility index (Phi) is 5.24. The van der Waals surface area contributed by atoms with E-state index < -0.39 is 23.3 Å². The fourth-order valence-electron chi connectivity index (χ4n) is 2.02. The number of hydrogen-bond donors (Lipinski definition) is 1. The van der Waals surface area contributed by atoms with E-state index in [1.165, 1.54) is 36.4 Å². The Hall–Kier alpha value is -2.40. The second-order valence-electron chi connectivity index (χ2n) is 6.13. The predicted molar refractivity (Wildman–Crippen MR) is 91.1 cm³/mol. The van der Waals surface area contributed by atoms with Gasteiger partial charge in [-0.2, -0.15) is 0 Å². The van der Waals surface area contributed by atoms with Gasteiger partial charge in [-0.15, -0.1) is 0 Å². The molecule has 0 bridgehead atoms. The standard InChI is InChI=1S/C18H17ClFNO3/c1-18(2,3)24-17(23)21-15-9-8-11(19)10-13(15)16(22)12-6-4-5-7-14(12)20/h4-10H,1-3H3,(H,21,23).